The van der Waals surface area contributed by atoms with E-state index in [0.717, 1.165) is 19.4 Å². The summed E-state index contributed by atoms with van der Waals surface area (Å²) in [5, 5.41) is 11.7. The number of hydrogen-bond acceptors (Lipinski definition) is 5. The fraction of sp³-hybridized carbons (Fsp3) is 0.462. The minimum Gasteiger partial charge on any atom is -0.442 e. The van der Waals surface area contributed by atoms with Gasteiger partial charge in [0, 0.05) is 26.2 Å². The molecule has 1 saturated heterocycles. The lowest BCUT2D eigenvalue weighted by atomic mass is 10.2. The summed E-state index contributed by atoms with van der Waals surface area (Å²) in [5.74, 6) is 0.455. The second kappa shape index (κ2) is 6.16. The number of aryl methyl sites for hydroxylation is 1. The predicted octanol–water partition coefficient (Wildman–Crippen LogP) is 1.19. The average Bonchev–Trinajstić information content (AvgIpc) is 3.04. The number of rotatable bonds is 4. The van der Waals surface area contributed by atoms with Crippen LogP contribution in [0.5, 0.6) is 0 Å². The van der Waals surface area contributed by atoms with Crippen molar-refractivity contribution in [1.29, 1.82) is 5.26 Å². The van der Waals surface area contributed by atoms with Gasteiger partial charge in [-0.2, -0.15) is 5.26 Å². The maximum Gasteiger partial charge on any atom is 0.262 e. The predicted molar refractivity (Wildman–Crippen MR) is 66.8 cm³/mol. The largest absolute Gasteiger partial charge is 0.442 e. The third-order valence-electron chi connectivity index (χ3n) is 2.81. The van der Waals surface area contributed by atoms with E-state index >= 15 is 0 Å². The lowest BCUT2D eigenvalue weighted by molar-refractivity contribution is -0.117. The van der Waals surface area contributed by atoms with Crippen molar-refractivity contribution in [3.05, 3.63) is 23.4 Å². The lowest BCUT2D eigenvalue weighted by Gasteiger charge is -2.09. The van der Waals surface area contributed by atoms with Crippen molar-refractivity contribution in [3.8, 4) is 6.07 Å². The van der Waals surface area contributed by atoms with Crippen molar-refractivity contribution in [2.45, 2.75) is 25.9 Å². The van der Waals surface area contributed by atoms with Crippen LogP contribution in [0, 0.1) is 18.3 Å². The highest BCUT2D eigenvalue weighted by Gasteiger charge is 2.17. The summed E-state index contributed by atoms with van der Waals surface area (Å²) < 4.78 is 10.6. The fourth-order valence-electron chi connectivity index (χ4n) is 1.84. The molecular weight excluding hydrogens is 246 g/mol. The van der Waals surface area contributed by atoms with Gasteiger partial charge in [-0.05, 0) is 12.8 Å². The van der Waals surface area contributed by atoms with Crippen LogP contribution in [0.3, 0.4) is 0 Å². The van der Waals surface area contributed by atoms with E-state index in [-0.39, 0.29) is 11.7 Å². The zero-order chi connectivity index (χ0) is 13.7. The second-order valence-electron chi connectivity index (χ2n) is 4.30. The molecule has 1 aliphatic rings. The fourth-order valence-corrected chi connectivity index (χ4v) is 1.84. The first-order chi connectivity index (χ1) is 9.19. The second-order valence-corrected chi connectivity index (χ2v) is 4.30. The summed E-state index contributed by atoms with van der Waals surface area (Å²) in [7, 11) is 0. The van der Waals surface area contributed by atoms with Crippen LogP contribution < -0.4 is 5.32 Å². The number of carbonyl (C=O) groups excluding carboxylic acids is 1. The van der Waals surface area contributed by atoms with Crippen molar-refractivity contribution in [2.24, 2.45) is 0 Å². The Morgan fingerprint density at radius 1 is 1.74 bits per heavy atom. The van der Waals surface area contributed by atoms with Crippen LogP contribution in [-0.4, -0.2) is 30.1 Å². The Kier molecular flexibility index (Phi) is 4.31. The normalized spacial score (nSPS) is 19.2. The molecule has 1 aliphatic heterocycles. The molecule has 0 aromatic carbocycles. The number of amides is 1. The van der Waals surface area contributed by atoms with Gasteiger partial charge in [0.25, 0.3) is 5.91 Å². The molecule has 1 amide bonds. The Bertz CT molecular complexity index is 521. The number of nitrogens with one attached hydrogen (secondary N) is 1. The third kappa shape index (κ3) is 3.66. The quantitative estimate of drug-likeness (QED) is 0.649. The summed E-state index contributed by atoms with van der Waals surface area (Å²) in [4.78, 5) is 15.7. The van der Waals surface area contributed by atoms with Gasteiger partial charge >= 0.3 is 0 Å². The van der Waals surface area contributed by atoms with Gasteiger partial charge in [0.1, 0.15) is 17.4 Å². The van der Waals surface area contributed by atoms with E-state index < -0.39 is 5.91 Å². The van der Waals surface area contributed by atoms with E-state index in [1.807, 2.05) is 6.07 Å². The maximum absolute atomic E-state index is 11.8. The summed E-state index contributed by atoms with van der Waals surface area (Å²) in [5.41, 5.74) is -0.00542. The highest BCUT2D eigenvalue weighted by atomic mass is 16.5. The molecule has 19 heavy (non-hydrogen) atoms. The molecule has 100 valence electrons. The number of nitrogens with zero attached hydrogens (tertiary/aromatic N) is 2. The molecular formula is C13H15N3O3. The van der Waals surface area contributed by atoms with E-state index in [4.69, 9.17) is 14.4 Å². The van der Waals surface area contributed by atoms with Gasteiger partial charge in [0.15, 0.2) is 5.89 Å². The summed E-state index contributed by atoms with van der Waals surface area (Å²) in [6, 6.07) is 1.86. The van der Waals surface area contributed by atoms with E-state index in [1.54, 1.807) is 6.92 Å². The molecule has 0 aliphatic carbocycles. The molecule has 0 radical (unpaired) electrons. The minimum absolute atomic E-state index is 0.00542. The number of nitriles is 1. The Morgan fingerprint density at radius 3 is 3.16 bits per heavy atom. The van der Waals surface area contributed by atoms with Gasteiger partial charge in [0.05, 0.1) is 12.3 Å². The number of aromatic nitrogens is 1. The zero-order valence-electron chi connectivity index (χ0n) is 10.7. The molecule has 2 heterocycles. The van der Waals surface area contributed by atoms with Crippen LogP contribution in [0.1, 0.15) is 24.5 Å². The molecule has 2 rings (SSSR count). The van der Waals surface area contributed by atoms with E-state index in [0.29, 0.717) is 18.2 Å². The number of hydrogen-bond donors (Lipinski definition) is 1. The lowest BCUT2D eigenvalue weighted by Crippen LogP contribution is -2.32. The molecule has 1 atom stereocenters. The van der Waals surface area contributed by atoms with Crippen LogP contribution in [-0.2, 0) is 9.53 Å². The van der Waals surface area contributed by atoms with Crippen LogP contribution in [0.4, 0.5) is 0 Å². The van der Waals surface area contributed by atoms with Crippen molar-refractivity contribution in [3.63, 3.8) is 0 Å². The molecule has 6 heteroatoms. The van der Waals surface area contributed by atoms with E-state index in [9.17, 15) is 4.79 Å². The minimum atomic E-state index is -0.424. The van der Waals surface area contributed by atoms with E-state index in [2.05, 4.69) is 10.3 Å². The molecule has 1 aromatic rings. The van der Waals surface area contributed by atoms with Crippen LogP contribution in [0.15, 0.2) is 16.2 Å². The third-order valence-corrected chi connectivity index (χ3v) is 2.81. The molecule has 0 spiro atoms. The topological polar surface area (TPSA) is 88.2 Å². The standard InChI is InChI=1S/C13H15N3O3/c1-9-15-8-12(19-9)5-10(6-14)13(17)16-7-11-3-2-4-18-11/h5,8,11H,2-4,7H2,1H3,(H,16,17)/b10-5+. The first-order valence-electron chi connectivity index (χ1n) is 6.13. The number of ether oxygens (including phenoxy) is 1. The smallest absolute Gasteiger partial charge is 0.262 e. The van der Waals surface area contributed by atoms with Crippen molar-refractivity contribution in [2.75, 3.05) is 13.2 Å². The molecule has 0 saturated carbocycles. The first kappa shape index (κ1) is 13.3. The Labute approximate surface area is 111 Å². The molecule has 1 N–H and O–H groups in total. The van der Waals surface area contributed by atoms with Crippen molar-refractivity contribution < 1.29 is 13.9 Å². The average molecular weight is 261 g/mol. The first-order valence-corrected chi connectivity index (χ1v) is 6.13. The van der Waals surface area contributed by atoms with Crippen LogP contribution in [0.2, 0.25) is 0 Å². The van der Waals surface area contributed by atoms with E-state index in [1.165, 1.54) is 12.3 Å². The monoisotopic (exact) mass is 261 g/mol. The Hall–Kier alpha value is -2.13. The van der Waals surface area contributed by atoms with Gasteiger partial charge < -0.3 is 14.5 Å². The Morgan fingerprint density at radius 2 is 2.58 bits per heavy atom. The molecule has 1 fully saturated rings. The van der Waals surface area contributed by atoms with Crippen molar-refractivity contribution >= 4 is 12.0 Å². The summed E-state index contributed by atoms with van der Waals surface area (Å²) in [6.45, 7) is 2.85. The van der Waals surface area contributed by atoms with Crippen molar-refractivity contribution in [1.82, 2.24) is 10.3 Å². The van der Waals surface area contributed by atoms with Gasteiger partial charge in [-0.15, -0.1) is 0 Å². The van der Waals surface area contributed by atoms with Gasteiger partial charge in [-0.1, -0.05) is 0 Å². The Balaban J connectivity index is 1.95. The molecule has 0 bridgehead atoms. The van der Waals surface area contributed by atoms with Crippen LogP contribution in [0.25, 0.3) is 6.08 Å². The molecule has 1 unspecified atom stereocenters. The SMILES string of the molecule is Cc1ncc(/C=C(\C#N)C(=O)NCC2CCCO2)o1. The zero-order valence-corrected chi connectivity index (χ0v) is 10.7. The number of carbonyl (C=O) groups is 1. The molecule has 6 nitrogen and oxygen atoms in total. The maximum atomic E-state index is 11.8. The summed E-state index contributed by atoms with van der Waals surface area (Å²) in [6.07, 6.45) is 4.85. The van der Waals surface area contributed by atoms with Gasteiger partial charge in [-0.25, -0.2) is 4.98 Å². The highest BCUT2D eigenvalue weighted by Crippen LogP contribution is 2.11. The van der Waals surface area contributed by atoms with Gasteiger partial charge in [0.2, 0.25) is 0 Å². The molecule has 1 aromatic heterocycles. The summed E-state index contributed by atoms with van der Waals surface area (Å²) >= 11 is 0. The highest BCUT2D eigenvalue weighted by molar-refractivity contribution is 6.01. The van der Waals surface area contributed by atoms with Crippen LogP contribution >= 0.6 is 0 Å². The number of oxazole rings is 1. The van der Waals surface area contributed by atoms with Gasteiger partial charge in [-0.3, -0.25) is 4.79 Å².